The normalized spacial score (nSPS) is 13.6. The van der Waals surface area contributed by atoms with Gasteiger partial charge in [-0.2, -0.15) is 0 Å². The van der Waals surface area contributed by atoms with Gasteiger partial charge in [0.05, 0.1) is 16.3 Å². The van der Waals surface area contributed by atoms with Crippen molar-refractivity contribution >= 4 is 27.1 Å². The van der Waals surface area contributed by atoms with Crippen molar-refractivity contribution < 1.29 is 13.2 Å². The van der Waals surface area contributed by atoms with Crippen LogP contribution in [0.2, 0.25) is 0 Å². The summed E-state index contributed by atoms with van der Waals surface area (Å²) in [4.78, 5) is 12.1. The van der Waals surface area contributed by atoms with Crippen LogP contribution in [-0.2, 0) is 14.6 Å². The molecular weight excluding hydrogens is 290 g/mol. The smallest absolute Gasteiger partial charge is 0.242 e. The van der Waals surface area contributed by atoms with E-state index >= 15 is 0 Å². The summed E-state index contributed by atoms with van der Waals surface area (Å²) in [5, 5.41) is 5.84. The van der Waals surface area contributed by atoms with E-state index in [1.165, 1.54) is 12.1 Å². The standard InChI is InChI=1S/C14H23N3O3S/c1-9(13(18)17-14(2,3)4)16-12-7-6-10(8-11(12)15)21(5,19)20/h6-9,16H,15H2,1-5H3,(H,17,18). The summed E-state index contributed by atoms with van der Waals surface area (Å²) >= 11 is 0. The maximum Gasteiger partial charge on any atom is 0.242 e. The molecule has 0 saturated heterocycles. The fourth-order valence-electron chi connectivity index (χ4n) is 1.68. The second-order valence-electron chi connectivity index (χ2n) is 6.13. The SMILES string of the molecule is CC(Nc1ccc(S(C)(=O)=O)cc1N)C(=O)NC(C)(C)C. The first-order chi connectivity index (χ1) is 9.40. The monoisotopic (exact) mass is 313 g/mol. The number of rotatable bonds is 4. The van der Waals surface area contributed by atoms with E-state index in [-0.39, 0.29) is 22.0 Å². The van der Waals surface area contributed by atoms with E-state index in [2.05, 4.69) is 10.6 Å². The fourth-order valence-corrected chi connectivity index (χ4v) is 2.34. The van der Waals surface area contributed by atoms with E-state index in [4.69, 9.17) is 5.73 Å². The number of anilines is 2. The van der Waals surface area contributed by atoms with Crippen molar-refractivity contribution in [2.45, 2.75) is 44.2 Å². The molecule has 0 saturated carbocycles. The number of amides is 1. The minimum absolute atomic E-state index is 0.150. The molecule has 0 aliphatic carbocycles. The van der Waals surface area contributed by atoms with E-state index in [0.717, 1.165) is 6.26 Å². The van der Waals surface area contributed by atoms with Gasteiger partial charge in [0.1, 0.15) is 6.04 Å². The van der Waals surface area contributed by atoms with Gasteiger partial charge in [-0.3, -0.25) is 4.79 Å². The van der Waals surface area contributed by atoms with Crippen LogP contribution in [0.4, 0.5) is 11.4 Å². The molecule has 1 atom stereocenters. The molecular formula is C14H23N3O3S. The van der Waals surface area contributed by atoms with Gasteiger partial charge in [0.2, 0.25) is 5.91 Å². The molecule has 0 radical (unpaired) electrons. The Morgan fingerprint density at radius 1 is 1.29 bits per heavy atom. The first kappa shape index (κ1) is 17.3. The number of carbonyl (C=O) groups is 1. The molecule has 1 unspecified atom stereocenters. The van der Waals surface area contributed by atoms with Gasteiger partial charge < -0.3 is 16.4 Å². The molecule has 6 nitrogen and oxygen atoms in total. The molecule has 1 aromatic rings. The van der Waals surface area contributed by atoms with Crippen LogP contribution in [0.1, 0.15) is 27.7 Å². The average Bonchev–Trinajstić information content (AvgIpc) is 2.27. The topological polar surface area (TPSA) is 101 Å². The highest BCUT2D eigenvalue weighted by molar-refractivity contribution is 7.90. The van der Waals surface area contributed by atoms with Crippen molar-refractivity contribution in [3.05, 3.63) is 18.2 Å². The van der Waals surface area contributed by atoms with Crippen LogP contribution in [0.15, 0.2) is 23.1 Å². The highest BCUT2D eigenvalue weighted by atomic mass is 32.2. The number of nitrogens with two attached hydrogens (primary N) is 1. The maximum absolute atomic E-state index is 12.0. The predicted molar refractivity (Wildman–Crippen MR) is 84.9 cm³/mol. The van der Waals surface area contributed by atoms with E-state index < -0.39 is 15.9 Å². The number of nitrogen functional groups attached to an aromatic ring is 1. The largest absolute Gasteiger partial charge is 0.397 e. The lowest BCUT2D eigenvalue weighted by Gasteiger charge is -2.24. The lowest BCUT2D eigenvalue weighted by Crippen LogP contribution is -2.47. The Hall–Kier alpha value is -1.76. The first-order valence-electron chi connectivity index (χ1n) is 6.58. The Kier molecular flexibility index (Phi) is 4.88. The van der Waals surface area contributed by atoms with Crippen molar-refractivity contribution in [1.82, 2.24) is 5.32 Å². The third-order valence-corrected chi connectivity index (χ3v) is 3.82. The molecule has 0 aromatic heterocycles. The molecule has 0 bridgehead atoms. The molecule has 0 aliphatic heterocycles. The Morgan fingerprint density at radius 3 is 2.29 bits per heavy atom. The molecule has 0 heterocycles. The third kappa shape index (κ3) is 5.26. The summed E-state index contributed by atoms with van der Waals surface area (Å²) in [5.74, 6) is -0.158. The zero-order chi connectivity index (χ0) is 16.4. The van der Waals surface area contributed by atoms with Crippen LogP contribution in [0, 0.1) is 0 Å². The van der Waals surface area contributed by atoms with Crippen LogP contribution in [0.25, 0.3) is 0 Å². The number of nitrogens with one attached hydrogen (secondary N) is 2. The number of sulfone groups is 1. The second-order valence-corrected chi connectivity index (χ2v) is 8.14. The van der Waals surface area contributed by atoms with Gasteiger partial charge in [0.15, 0.2) is 9.84 Å². The molecule has 0 aliphatic rings. The summed E-state index contributed by atoms with van der Waals surface area (Å²) < 4.78 is 22.9. The third-order valence-electron chi connectivity index (χ3n) is 2.71. The van der Waals surface area contributed by atoms with E-state index in [1.807, 2.05) is 20.8 Å². The Morgan fingerprint density at radius 2 is 1.86 bits per heavy atom. The Balaban J connectivity index is 2.87. The fraction of sp³-hybridized carbons (Fsp3) is 0.500. The van der Waals surface area contributed by atoms with Crippen LogP contribution < -0.4 is 16.4 Å². The van der Waals surface area contributed by atoms with Gasteiger partial charge in [0.25, 0.3) is 0 Å². The highest BCUT2D eigenvalue weighted by Crippen LogP contribution is 2.23. The van der Waals surface area contributed by atoms with Crippen molar-refractivity contribution in [3.8, 4) is 0 Å². The lowest BCUT2D eigenvalue weighted by molar-refractivity contribution is -0.122. The van der Waals surface area contributed by atoms with Crippen molar-refractivity contribution in [1.29, 1.82) is 0 Å². The summed E-state index contributed by atoms with van der Waals surface area (Å²) in [7, 11) is -3.30. The minimum Gasteiger partial charge on any atom is -0.397 e. The highest BCUT2D eigenvalue weighted by Gasteiger charge is 2.20. The van der Waals surface area contributed by atoms with Crippen molar-refractivity contribution in [2.24, 2.45) is 0 Å². The van der Waals surface area contributed by atoms with E-state index in [9.17, 15) is 13.2 Å². The number of hydrogen-bond donors (Lipinski definition) is 3. The lowest BCUT2D eigenvalue weighted by atomic mass is 10.1. The van der Waals surface area contributed by atoms with Crippen molar-refractivity contribution in [2.75, 3.05) is 17.3 Å². The van der Waals surface area contributed by atoms with Crippen LogP contribution in [0.5, 0.6) is 0 Å². The summed E-state index contributed by atoms with van der Waals surface area (Å²) in [6.07, 6.45) is 1.12. The van der Waals surface area contributed by atoms with Crippen LogP contribution >= 0.6 is 0 Å². The number of benzene rings is 1. The molecule has 0 fully saturated rings. The molecule has 7 heteroatoms. The van der Waals surface area contributed by atoms with E-state index in [0.29, 0.717) is 5.69 Å². The zero-order valence-corrected chi connectivity index (χ0v) is 13.8. The molecule has 118 valence electrons. The van der Waals surface area contributed by atoms with Crippen LogP contribution in [-0.4, -0.2) is 32.2 Å². The van der Waals surface area contributed by atoms with Gasteiger partial charge in [-0.1, -0.05) is 0 Å². The van der Waals surface area contributed by atoms with Gasteiger partial charge in [-0.15, -0.1) is 0 Å². The zero-order valence-electron chi connectivity index (χ0n) is 13.0. The molecule has 1 amide bonds. The quantitative estimate of drug-likeness (QED) is 0.729. The summed E-state index contributed by atoms with van der Waals surface area (Å²) in [5.41, 5.74) is 6.33. The molecule has 21 heavy (non-hydrogen) atoms. The molecule has 1 rings (SSSR count). The van der Waals surface area contributed by atoms with Gasteiger partial charge in [0, 0.05) is 11.8 Å². The minimum atomic E-state index is -3.30. The summed E-state index contributed by atoms with van der Waals surface area (Å²) in [6, 6.07) is 3.91. The van der Waals surface area contributed by atoms with Crippen LogP contribution in [0.3, 0.4) is 0 Å². The van der Waals surface area contributed by atoms with Crippen molar-refractivity contribution in [3.63, 3.8) is 0 Å². The van der Waals surface area contributed by atoms with Gasteiger partial charge >= 0.3 is 0 Å². The first-order valence-corrected chi connectivity index (χ1v) is 8.47. The van der Waals surface area contributed by atoms with Gasteiger partial charge in [-0.25, -0.2) is 8.42 Å². The summed E-state index contributed by atoms with van der Waals surface area (Å²) in [6.45, 7) is 7.40. The molecule has 4 N–H and O–H groups in total. The maximum atomic E-state index is 12.0. The molecule has 0 spiro atoms. The second kappa shape index (κ2) is 5.93. The average molecular weight is 313 g/mol. The Labute approximate surface area is 126 Å². The van der Waals surface area contributed by atoms with Gasteiger partial charge in [-0.05, 0) is 45.9 Å². The number of hydrogen-bond acceptors (Lipinski definition) is 5. The van der Waals surface area contributed by atoms with E-state index in [1.54, 1.807) is 13.0 Å². The Bertz CT molecular complexity index is 633. The molecule has 1 aromatic carbocycles. The number of carbonyl (C=O) groups excluding carboxylic acids is 1. The predicted octanol–water partition coefficient (Wildman–Crippen LogP) is 1.39.